The van der Waals surface area contributed by atoms with Gasteiger partial charge in [0.25, 0.3) is 0 Å². The second-order valence-electron chi connectivity index (χ2n) is 8.64. The van der Waals surface area contributed by atoms with Gasteiger partial charge in [-0.2, -0.15) is 0 Å². The summed E-state index contributed by atoms with van der Waals surface area (Å²) in [4.78, 5) is 10.4. The van der Waals surface area contributed by atoms with E-state index in [1.54, 1.807) is 0 Å². The highest BCUT2D eigenvalue weighted by molar-refractivity contribution is 7.91. The normalized spacial score (nSPS) is 25.2. The topological polar surface area (TPSA) is 108 Å². The molecule has 156 valence electrons. The van der Waals surface area contributed by atoms with Crippen LogP contribution < -0.4 is 11.2 Å². The molecule has 2 aliphatic rings. The minimum absolute atomic E-state index is 0.0167. The van der Waals surface area contributed by atoms with Crippen LogP contribution in [-0.4, -0.2) is 73.0 Å². The number of aromatic nitrogens is 2. The molecule has 0 bridgehead atoms. The van der Waals surface area contributed by atoms with Gasteiger partial charge in [0, 0.05) is 37.0 Å². The van der Waals surface area contributed by atoms with Crippen molar-refractivity contribution in [1.82, 2.24) is 14.9 Å². The second kappa shape index (κ2) is 7.99. The first-order chi connectivity index (χ1) is 13.1. The molecule has 1 aromatic heterocycles. The van der Waals surface area contributed by atoms with Crippen molar-refractivity contribution in [3.8, 4) is 0 Å². The number of hydrogen-bond acceptors (Lipinski definition) is 8. The van der Waals surface area contributed by atoms with Crippen LogP contribution in [0.15, 0.2) is 17.6 Å². The predicted octanol–water partition coefficient (Wildman–Crippen LogP) is 0.363. The molecule has 0 saturated carbocycles. The number of sulfone groups is 1. The van der Waals surface area contributed by atoms with Gasteiger partial charge in [0.15, 0.2) is 0 Å². The summed E-state index contributed by atoms with van der Waals surface area (Å²) in [6.07, 6.45) is 5.94. The number of hydrogen-bond donors (Lipinski definition) is 1. The average molecular weight is 410 g/mol. The number of nitrogens with two attached hydrogens (primary N) is 1. The van der Waals surface area contributed by atoms with Crippen molar-refractivity contribution in [3.05, 3.63) is 12.4 Å². The van der Waals surface area contributed by atoms with E-state index >= 15 is 0 Å². The van der Waals surface area contributed by atoms with Crippen molar-refractivity contribution < 1.29 is 17.7 Å². The summed E-state index contributed by atoms with van der Waals surface area (Å²) >= 11 is 0. The first-order valence-electron chi connectivity index (χ1n) is 9.90. The summed E-state index contributed by atoms with van der Waals surface area (Å²) in [6, 6.07) is -0.0336. The van der Waals surface area contributed by atoms with Crippen molar-refractivity contribution in [2.24, 2.45) is 5.73 Å². The molecule has 0 amide bonds. The van der Waals surface area contributed by atoms with E-state index in [0.29, 0.717) is 18.6 Å². The molecule has 0 radical (unpaired) electrons. The third-order valence-electron chi connectivity index (χ3n) is 6.03. The number of likely N-dealkylation sites (tertiary alicyclic amines) is 1. The van der Waals surface area contributed by atoms with Gasteiger partial charge in [-0.1, -0.05) is 6.42 Å². The maximum atomic E-state index is 12.8. The zero-order valence-electron chi connectivity index (χ0n) is 17.2. The summed E-state index contributed by atoms with van der Waals surface area (Å²) in [5, 5.41) is -0.147. The Labute approximate surface area is 168 Å². The van der Waals surface area contributed by atoms with Gasteiger partial charge in [-0.15, -0.1) is 0 Å². The van der Waals surface area contributed by atoms with Crippen LogP contribution in [-0.2, 0) is 19.1 Å². The minimum Gasteiger partial charge on any atom is -0.399 e. The van der Waals surface area contributed by atoms with Crippen LogP contribution in [0.3, 0.4) is 0 Å². The van der Waals surface area contributed by atoms with Gasteiger partial charge in [0.1, 0.15) is 0 Å². The largest absolute Gasteiger partial charge is 0.498 e. The first kappa shape index (κ1) is 21.6. The fraction of sp³-hybridized carbons (Fsp3) is 0.778. The minimum atomic E-state index is -3.58. The van der Waals surface area contributed by atoms with Crippen LogP contribution in [0.25, 0.3) is 0 Å². The number of piperidine rings is 1. The van der Waals surface area contributed by atoms with Gasteiger partial charge in [-0.05, 0) is 47.1 Å². The molecule has 1 atom stereocenters. The zero-order valence-corrected chi connectivity index (χ0v) is 18.0. The van der Waals surface area contributed by atoms with Crippen molar-refractivity contribution in [2.45, 2.75) is 69.4 Å². The molecule has 3 heterocycles. The lowest BCUT2D eigenvalue weighted by Gasteiger charge is -2.35. The SMILES string of the molecule is CC1(C)OB(c2cnc(S(=O)(=O)CC3CCCCN3CCN)nc2)OC1(C)C. The third-order valence-corrected chi connectivity index (χ3v) is 7.62. The predicted molar refractivity (Wildman–Crippen MR) is 108 cm³/mol. The van der Waals surface area contributed by atoms with E-state index in [1.165, 1.54) is 12.4 Å². The molecule has 8 nitrogen and oxygen atoms in total. The Morgan fingerprint density at radius 2 is 1.79 bits per heavy atom. The standard InChI is InChI=1S/C18H31BN4O4S/c1-17(2)18(3,4)27-19(26-17)14-11-21-16(22-12-14)28(24,25)13-15-7-5-6-9-23(15)10-8-20/h11-12,15H,5-10,13,20H2,1-4H3. The lowest BCUT2D eigenvalue weighted by atomic mass is 9.81. The average Bonchev–Trinajstić information content (AvgIpc) is 2.84. The molecule has 28 heavy (non-hydrogen) atoms. The van der Waals surface area contributed by atoms with Gasteiger partial charge >= 0.3 is 7.12 Å². The van der Waals surface area contributed by atoms with Crippen LogP contribution in [0.4, 0.5) is 0 Å². The monoisotopic (exact) mass is 410 g/mol. The van der Waals surface area contributed by atoms with Crippen molar-refractivity contribution in [3.63, 3.8) is 0 Å². The van der Waals surface area contributed by atoms with Crippen LogP contribution in [0, 0.1) is 0 Å². The summed E-state index contributed by atoms with van der Waals surface area (Å²) in [6.45, 7) is 9.97. The highest BCUT2D eigenvalue weighted by Gasteiger charge is 2.52. The van der Waals surface area contributed by atoms with Crippen LogP contribution >= 0.6 is 0 Å². The molecule has 3 rings (SSSR count). The zero-order chi connectivity index (χ0) is 20.6. The maximum Gasteiger partial charge on any atom is 0.498 e. The Morgan fingerprint density at radius 3 is 2.36 bits per heavy atom. The molecule has 0 aromatic carbocycles. The Kier molecular flexibility index (Phi) is 6.17. The van der Waals surface area contributed by atoms with Gasteiger partial charge in [0.05, 0.1) is 17.0 Å². The second-order valence-corrected chi connectivity index (χ2v) is 10.6. The van der Waals surface area contributed by atoms with E-state index < -0.39 is 28.2 Å². The maximum absolute atomic E-state index is 12.8. The van der Waals surface area contributed by atoms with Gasteiger partial charge in [-0.25, -0.2) is 18.4 Å². The Hall–Kier alpha value is -1.07. The molecule has 0 aliphatic carbocycles. The summed E-state index contributed by atoms with van der Waals surface area (Å²) < 4.78 is 37.6. The van der Waals surface area contributed by atoms with E-state index in [4.69, 9.17) is 15.0 Å². The fourth-order valence-electron chi connectivity index (χ4n) is 3.62. The lowest BCUT2D eigenvalue weighted by molar-refractivity contribution is 0.00578. The summed E-state index contributed by atoms with van der Waals surface area (Å²) in [7, 11) is -4.19. The fourth-order valence-corrected chi connectivity index (χ4v) is 5.08. The Balaban J connectivity index is 1.72. The summed E-state index contributed by atoms with van der Waals surface area (Å²) in [5.74, 6) is 0.0167. The smallest absolute Gasteiger partial charge is 0.399 e. The van der Waals surface area contributed by atoms with E-state index in [0.717, 1.165) is 25.8 Å². The van der Waals surface area contributed by atoms with Crippen LogP contribution in [0.5, 0.6) is 0 Å². The first-order valence-corrected chi connectivity index (χ1v) is 11.6. The van der Waals surface area contributed by atoms with Gasteiger partial charge in [-0.3, -0.25) is 4.90 Å². The molecule has 10 heteroatoms. The molecule has 1 aromatic rings. The van der Waals surface area contributed by atoms with E-state index in [1.807, 2.05) is 27.7 Å². The lowest BCUT2D eigenvalue weighted by Crippen LogP contribution is -2.46. The molecule has 0 spiro atoms. The van der Waals surface area contributed by atoms with Crippen molar-refractivity contribution in [2.75, 3.05) is 25.4 Å². The number of rotatable bonds is 6. The van der Waals surface area contributed by atoms with Crippen LogP contribution in [0.2, 0.25) is 0 Å². The van der Waals surface area contributed by atoms with E-state index in [2.05, 4.69) is 14.9 Å². The molecule has 2 fully saturated rings. The van der Waals surface area contributed by atoms with Crippen LogP contribution in [0.1, 0.15) is 47.0 Å². The number of nitrogens with zero attached hydrogens (tertiary/aromatic N) is 3. The van der Waals surface area contributed by atoms with Gasteiger partial charge in [0.2, 0.25) is 15.0 Å². The molecule has 2 saturated heterocycles. The summed E-state index contributed by atoms with van der Waals surface area (Å²) in [5.41, 5.74) is 5.33. The third kappa shape index (κ3) is 4.41. The quantitative estimate of drug-likeness (QED) is 0.529. The molecular formula is C18H31BN4O4S. The Morgan fingerprint density at radius 1 is 1.18 bits per heavy atom. The molecule has 2 aliphatic heterocycles. The Bertz CT molecular complexity index is 767. The van der Waals surface area contributed by atoms with Crippen molar-refractivity contribution in [1.29, 1.82) is 0 Å². The molecular weight excluding hydrogens is 379 g/mol. The molecule has 1 unspecified atom stereocenters. The van der Waals surface area contributed by atoms with Crippen molar-refractivity contribution >= 4 is 22.4 Å². The van der Waals surface area contributed by atoms with Gasteiger partial charge < -0.3 is 15.0 Å². The van der Waals surface area contributed by atoms with E-state index in [9.17, 15) is 8.42 Å². The molecule has 2 N–H and O–H groups in total. The van der Waals surface area contributed by atoms with E-state index in [-0.39, 0.29) is 17.0 Å². The highest BCUT2D eigenvalue weighted by atomic mass is 32.2. The highest BCUT2D eigenvalue weighted by Crippen LogP contribution is 2.36.